The van der Waals surface area contributed by atoms with Crippen molar-refractivity contribution in [3.8, 4) is 0 Å². The molecule has 0 radical (unpaired) electrons. The Morgan fingerprint density at radius 2 is 2.00 bits per heavy atom. The molecule has 1 aliphatic rings. The van der Waals surface area contributed by atoms with Crippen LogP contribution in [0.4, 0.5) is 10.1 Å². The van der Waals surface area contributed by atoms with Gasteiger partial charge in [0.2, 0.25) is 5.91 Å². The fourth-order valence-corrected chi connectivity index (χ4v) is 3.28. The molecule has 1 fully saturated rings. The largest absolute Gasteiger partial charge is 0.370 e. The van der Waals surface area contributed by atoms with E-state index in [-0.39, 0.29) is 17.9 Å². The molecule has 3 N–H and O–H groups in total. The second-order valence-corrected chi connectivity index (χ2v) is 7.20. The highest BCUT2D eigenvalue weighted by Gasteiger charge is 2.29. The highest BCUT2D eigenvalue weighted by Crippen LogP contribution is 2.23. The standard InChI is InChI=1S/C22H25FN4O2/c1-14-4-5-17(12-19(14)23)20(22(29)27-11-10-25-15(2)13-27)26-18-8-6-16(7-9-18)21(28)24-3/h6-9,12,15,20,25-26H,10-11,13H2,1-3H3,(H,24,28)/t15-,20-/m1/s1. The quantitative estimate of drug-likeness (QED) is 0.724. The summed E-state index contributed by atoms with van der Waals surface area (Å²) in [7, 11) is 1.57. The number of piperazine rings is 1. The van der Waals surface area contributed by atoms with E-state index in [0.29, 0.717) is 42.0 Å². The summed E-state index contributed by atoms with van der Waals surface area (Å²) in [6, 6.07) is 13.2. The number of amides is 2. The van der Waals surface area contributed by atoms with Crippen LogP contribution >= 0.6 is 0 Å². The molecule has 6 nitrogen and oxygen atoms in total. The molecule has 0 unspecified atom stereocenters. The zero-order chi connectivity index (χ0) is 21.0. The number of carbonyl (C=O) groups is 2. The number of rotatable bonds is 5. The van der Waals surface area contributed by atoms with Gasteiger partial charge in [0.05, 0.1) is 0 Å². The number of hydrogen-bond acceptors (Lipinski definition) is 4. The van der Waals surface area contributed by atoms with E-state index in [2.05, 4.69) is 28.1 Å². The van der Waals surface area contributed by atoms with Crippen molar-refractivity contribution in [2.24, 2.45) is 0 Å². The fourth-order valence-electron chi connectivity index (χ4n) is 3.28. The van der Waals surface area contributed by atoms with E-state index < -0.39 is 11.9 Å². The van der Waals surface area contributed by atoms with Gasteiger partial charge in [0, 0.05) is 55.1 Å². The van der Waals surface area contributed by atoms with Gasteiger partial charge in [0.1, 0.15) is 11.9 Å². The maximum atomic E-state index is 14.2. The summed E-state index contributed by atoms with van der Waals surface area (Å²) in [6.07, 6.45) is 0. The van der Waals surface area contributed by atoms with Gasteiger partial charge < -0.3 is 20.9 Å². The summed E-state index contributed by atoms with van der Waals surface area (Å²) < 4.78 is 14.2. The van der Waals surface area contributed by atoms with Crippen molar-refractivity contribution in [1.82, 2.24) is 15.5 Å². The van der Waals surface area contributed by atoms with E-state index in [1.54, 1.807) is 43.1 Å². The summed E-state index contributed by atoms with van der Waals surface area (Å²) >= 11 is 0. The zero-order valence-corrected chi connectivity index (χ0v) is 16.8. The molecule has 2 aromatic carbocycles. The number of hydrogen-bond donors (Lipinski definition) is 3. The van der Waals surface area contributed by atoms with Crippen LogP contribution in [0.25, 0.3) is 0 Å². The first kappa shape index (κ1) is 20.6. The van der Waals surface area contributed by atoms with Crippen molar-refractivity contribution >= 4 is 17.5 Å². The molecule has 29 heavy (non-hydrogen) atoms. The second-order valence-electron chi connectivity index (χ2n) is 7.20. The Morgan fingerprint density at radius 1 is 1.28 bits per heavy atom. The van der Waals surface area contributed by atoms with Gasteiger partial charge in [-0.05, 0) is 44.2 Å². The summed E-state index contributed by atoms with van der Waals surface area (Å²) in [6.45, 7) is 5.48. The number of carbonyl (C=O) groups excluding carboxylic acids is 2. The van der Waals surface area contributed by atoms with Crippen molar-refractivity contribution in [1.29, 1.82) is 0 Å². The lowest BCUT2D eigenvalue weighted by Crippen LogP contribution is -2.53. The minimum absolute atomic E-state index is 0.151. The summed E-state index contributed by atoms with van der Waals surface area (Å²) in [4.78, 5) is 26.8. The van der Waals surface area contributed by atoms with Crippen LogP contribution < -0.4 is 16.0 Å². The van der Waals surface area contributed by atoms with Crippen molar-refractivity contribution in [2.75, 3.05) is 32.0 Å². The molecule has 0 spiro atoms. The Balaban J connectivity index is 1.88. The average molecular weight is 396 g/mol. The molecular formula is C22H25FN4O2. The molecule has 2 atom stereocenters. The first-order chi connectivity index (χ1) is 13.9. The third-order valence-corrected chi connectivity index (χ3v) is 4.96. The van der Waals surface area contributed by atoms with E-state index in [1.165, 1.54) is 6.07 Å². The molecule has 1 heterocycles. The predicted octanol–water partition coefficient (Wildman–Crippen LogP) is 2.07. The molecule has 1 saturated heterocycles. The number of halogens is 1. The second kappa shape index (κ2) is 8.93. The molecule has 3 rings (SSSR count). The van der Waals surface area contributed by atoms with Crippen molar-refractivity contribution < 1.29 is 14.0 Å². The number of nitrogens with one attached hydrogen (secondary N) is 3. The monoisotopic (exact) mass is 396 g/mol. The molecule has 0 saturated carbocycles. The van der Waals surface area contributed by atoms with Crippen LogP contribution in [-0.4, -0.2) is 49.4 Å². The predicted molar refractivity (Wildman–Crippen MR) is 109 cm³/mol. The maximum absolute atomic E-state index is 14.2. The normalized spacial score (nSPS) is 17.2. The zero-order valence-electron chi connectivity index (χ0n) is 16.8. The molecule has 0 aliphatic carbocycles. The molecular weight excluding hydrogens is 371 g/mol. The summed E-state index contributed by atoms with van der Waals surface area (Å²) in [5.41, 5.74) is 1.90. The lowest BCUT2D eigenvalue weighted by molar-refractivity contribution is -0.133. The lowest BCUT2D eigenvalue weighted by atomic mass is 10.0. The first-order valence-corrected chi connectivity index (χ1v) is 9.60. The van der Waals surface area contributed by atoms with Gasteiger partial charge in [-0.15, -0.1) is 0 Å². The van der Waals surface area contributed by atoms with E-state index >= 15 is 0 Å². The first-order valence-electron chi connectivity index (χ1n) is 9.60. The van der Waals surface area contributed by atoms with Gasteiger partial charge in [-0.1, -0.05) is 12.1 Å². The summed E-state index contributed by atoms with van der Waals surface area (Å²) in [5, 5.41) is 9.05. The molecule has 2 aromatic rings. The number of nitrogens with zero attached hydrogens (tertiary/aromatic N) is 1. The van der Waals surface area contributed by atoms with Gasteiger partial charge in [0.25, 0.3) is 5.91 Å². The van der Waals surface area contributed by atoms with Crippen LogP contribution in [0, 0.1) is 24.9 Å². The third kappa shape index (κ3) is 4.84. The Morgan fingerprint density at radius 3 is 2.62 bits per heavy atom. The third-order valence-electron chi connectivity index (χ3n) is 4.96. The van der Waals surface area contributed by atoms with Crippen LogP contribution in [0.5, 0.6) is 0 Å². The SMILES string of the molecule is CNC(=O)c1ccc(N[C@@H](C(=O)N2CCN[C@H](C)C2)c2c#cc(C)c(F)c2)cc1. The van der Waals surface area contributed by atoms with Gasteiger partial charge >= 0.3 is 0 Å². The van der Waals surface area contributed by atoms with E-state index in [4.69, 9.17) is 0 Å². The highest BCUT2D eigenvalue weighted by atomic mass is 19.1. The van der Waals surface area contributed by atoms with Gasteiger partial charge in [0.15, 0.2) is 0 Å². The molecule has 152 valence electrons. The minimum Gasteiger partial charge on any atom is -0.370 e. The minimum atomic E-state index is -0.808. The Bertz CT molecular complexity index is 885. The van der Waals surface area contributed by atoms with Gasteiger partial charge in [-0.3, -0.25) is 9.59 Å². The molecule has 7 heteroatoms. The van der Waals surface area contributed by atoms with Crippen LogP contribution in [0.15, 0.2) is 30.3 Å². The number of benzene rings is 1. The van der Waals surface area contributed by atoms with Crippen LogP contribution in [0.1, 0.15) is 34.5 Å². The molecule has 0 bridgehead atoms. The highest BCUT2D eigenvalue weighted by molar-refractivity contribution is 5.94. The molecule has 1 aliphatic heterocycles. The Hall–Kier alpha value is -3.11. The molecule has 0 aromatic heterocycles. The van der Waals surface area contributed by atoms with Crippen LogP contribution in [0.3, 0.4) is 0 Å². The lowest BCUT2D eigenvalue weighted by Gasteiger charge is -2.34. The Kier molecular flexibility index (Phi) is 6.35. The van der Waals surface area contributed by atoms with Crippen LogP contribution in [-0.2, 0) is 4.79 Å². The smallest absolute Gasteiger partial charge is 0.251 e. The fraction of sp³-hybridized carbons (Fsp3) is 0.364. The average Bonchev–Trinajstić information content (AvgIpc) is 2.73. The number of anilines is 1. The van der Waals surface area contributed by atoms with Crippen molar-refractivity contribution in [2.45, 2.75) is 25.9 Å². The van der Waals surface area contributed by atoms with Crippen LogP contribution in [0.2, 0.25) is 0 Å². The maximum Gasteiger partial charge on any atom is 0.251 e. The van der Waals surface area contributed by atoms with Gasteiger partial charge in [-0.25, -0.2) is 4.39 Å². The van der Waals surface area contributed by atoms with Crippen molar-refractivity contribution in [3.05, 3.63) is 65.0 Å². The molecule has 2 amide bonds. The van der Waals surface area contributed by atoms with Gasteiger partial charge in [-0.2, -0.15) is 0 Å². The Labute approximate surface area is 170 Å². The summed E-state index contributed by atoms with van der Waals surface area (Å²) in [5.74, 6) is -0.772. The van der Waals surface area contributed by atoms with E-state index in [1.807, 2.05) is 6.92 Å². The van der Waals surface area contributed by atoms with E-state index in [0.717, 1.165) is 0 Å². The van der Waals surface area contributed by atoms with E-state index in [9.17, 15) is 14.0 Å². The topological polar surface area (TPSA) is 73.5 Å². The van der Waals surface area contributed by atoms with Crippen molar-refractivity contribution in [3.63, 3.8) is 0 Å².